The van der Waals surface area contributed by atoms with Crippen molar-refractivity contribution in [2.24, 2.45) is 0 Å². The number of hydrogen-bond acceptors (Lipinski definition) is 3. The van der Waals surface area contributed by atoms with Crippen LogP contribution in [-0.2, 0) is 0 Å². The SMILES string of the molecule is Cc1nc2ccc(NC(=O)c3cccc(C)c3C)cc2s1. The number of thiazole rings is 1. The van der Waals surface area contributed by atoms with Gasteiger partial charge in [0, 0.05) is 11.3 Å². The van der Waals surface area contributed by atoms with Crippen LogP contribution in [0.4, 0.5) is 5.69 Å². The van der Waals surface area contributed by atoms with Gasteiger partial charge in [-0.25, -0.2) is 4.98 Å². The highest BCUT2D eigenvalue weighted by Crippen LogP contribution is 2.25. The first kappa shape index (κ1) is 13.8. The quantitative estimate of drug-likeness (QED) is 0.758. The maximum Gasteiger partial charge on any atom is 0.255 e. The van der Waals surface area contributed by atoms with Gasteiger partial charge in [0.15, 0.2) is 0 Å². The number of benzene rings is 2. The first-order valence-corrected chi connectivity index (χ1v) is 7.61. The summed E-state index contributed by atoms with van der Waals surface area (Å²) in [5.74, 6) is -0.0724. The van der Waals surface area contributed by atoms with E-state index in [-0.39, 0.29) is 5.91 Å². The van der Waals surface area contributed by atoms with Crippen LogP contribution in [0.25, 0.3) is 10.2 Å². The third-order valence-electron chi connectivity index (χ3n) is 3.60. The van der Waals surface area contributed by atoms with E-state index in [2.05, 4.69) is 10.3 Å². The molecule has 1 amide bonds. The van der Waals surface area contributed by atoms with Crippen molar-refractivity contribution in [3.8, 4) is 0 Å². The van der Waals surface area contributed by atoms with Crippen molar-refractivity contribution in [3.05, 3.63) is 58.1 Å². The first-order valence-electron chi connectivity index (χ1n) is 6.79. The monoisotopic (exact) mass is 296 g/mol. The Balaban J connectivity index is 1.90. The molecule has 0 saturated carbocycles. The molecule has 21 heavy (non-hydrogen) atoms. The summed E-state index contributed by atoms with van der Waals surface area (Å²) in [4.78, 5) is 16.8. The Kier molecular flexibility index (Phi) is 3.47. The van der Waals surface area contributed by atoms with E-state index in [4.69, 9.17) is 0 Å². The second kappa shape index (κ2) is 5.30. The molecule has 3 nitrogen and oxygen atoms in total. The summed E-state index contributed by atoms with van der Waals surface area (Å²) < 4.78 is 1.09. The minimum Gasteiger partial charge on any atom is -0.322 e. The second-order valence-electron chi connectivity index (χ2n) is 5.12. The Morgan fingerprint density at radius 2 is 1.95 bits per heavy atom. The predicted molar refractivity (Wildman–Crippen MR) is 88.2 cm³/mol. The normalized spacial score (nSPS) is 10.8. The van der Waals surface area contributed by atoms with Crippen molar-refractivity contribution in [3.63, 3.8) is 0 Å². The van der Waals surface area contributed by atoms with Gasteiger partial charge in [0.05, 0.1) is 15.2 Å². The third-order valence-corrected chi connectivity index (χ3v) is 4.54. The van der Waals surface area contributed by atoms with Crippen LogP contribution < -0.4 is 5.32 Å². The average molecular weight is 296 g/mol. The number of nitrogens with zero attached hydrogens (tertiary/aromatic N) is 1. The number of rotatable bonds is 2. The summed E-state index contributed by atoms with van der Waals surface area (Å²) in [5.41, 5.74) is 4.63. The minimum absolute atomic E-state index is 0.0724. The molecule has 1 heterocycles. The van der Waals surface area contributed by atoms with Crippen molar-refractivity contribution >= 4 is 33.1 Å². The van der Waals surface area contributed by atoms with Gasteiger partial charge in [0.2, 0.25) is 0 Å². The van der Waals surface area contributed by atoms with E-state index in [0.29, 0.717) is 0 Å². The molecule has 4 heteroatoms. The Morgan fingerprint density at radius 3 is 2.76 bits per heavy atom. The third kappa shape index (κ3) is 2.67. The maximum absolute atomic E-state index is 12.4. The summed E-state index contributed by atoms with van der Waals surface area (Å²) in [6, 6.07) is 11.6. The molecule has 0 aliphatic carbocycles. The molecule has 0 atom stereocenters. The Hall–Kier alpha value is -2.20. The van der Waals surface area contributed by atoms with Gasteiger partial charge in [-0.1, -0.05) is 12.1 Å². The molecule has 1 N–H and O–H groups in total. The molecule has 3 rings (SSSR count). The van der Waals surface area contributed by atoms with E-state index < -0.39 is 0 Å². The highest BCUT2D eigenvalue weighted by atomic mass is 32.1. The number of fused-ring (bicyclic) bond motifs is 1. The van der Waals surface area contributed by atoms with Gasteiger partial charge in [-0.3, -0.25) is 4.79 Å². The lowest BCUT2D eigenvalue weighted by Crippen LogP contribution is -2.13. The summed E-state index contributed by atoms with van der Waals surface area (Å²) in [6.07, 6.45) is 0. The Bertz CT molecular complexity index is 836. The van der Waals surface area contributed by atoms with Crippen molar-refractivity contribution in [1.82, 2.24) is 4.98 Å². The van der Waals surface area contributed by atoms with E-state index in [0.717, 1.165) is 37.6 Å². The van der Waals surface area contributed by atoms with Gasteiger partial charge >= 0.3 is 0 Å². The van der Waals surface area contributed by atoms with Gasteiger partial charge in [-0.2, -0.15) is 0 Å². The molecule has 0 aliphatic rings. The average Bonchev–Trinajstić information content (AvgIpc) is 2.81. The molecule has 0 fully saturated rings. The van der Waals surface area contributed by atoms with E-state index in [1.807, 2.05) is 57.2 Å². The molecule has 0 spiro atoms. The number of carbonyl (C=O) groups excluding carboxylic acids is 1. The molecule has 0 saturated heterocycles. The second-order valence-corrected chi connectivity index (χ2v) is 6.35. The van der Waals surface area contributed by atoms with Gasteiger partial charge < -0.3 is 5.32 Å². The van der Waals surface area contributed by atoms with Crippen LogP contribution in [0.5, 0.6) is 0 Å². The lowest BCUT2D eigenvalue weighted by molar-refractivity contribution is 0.102. The summed E-state index contributed by atoms with van der Waals surface area (Å²) in [6.45, 7) is 5.97. The number of aryl methyl sites for hydroxylation is 2. The molecule has 106 valence electrons. The van der Waals surface area contributed by atoms with Crippen molar-refractivity contribution in [2.45, 2.75) is 20.8 Å². The standard InChI is InChI=1S/C17H16N2OS/c1-10-5-4-6-14(11(10)2)17(20)19-13-7-8-15-16(9-13)21-12(3)18-15/h4-9H,1-3H3,(H,19,20). The Labute approximate surface area is 127 Å². The van der Waals surface area contributed by atoms with Crippen LogP contribution >= 0.6 is 11.3 Å². The van der Waals surface area contributed by atoms with Crippen LogP contribution in [0.15, 0.2) is 36.4 Å². The predicted octanol–water partition coefficient (Wildman–Crippen LogP) is 4.47. The molecule has 0 aliphatic heterocycles. The molecule has 0 unspecified atom stereocenters. The molecule has 1 aromatic heterocycles. The fourth-order valence-corrected chi connectivity index (χ4v) is 3.18. The molecule has 2 aromatic carbocycles. The van der Waals surface area contributed by atoms with Crippen molar-refractivity contribution in [2.75, 3.05) is 5.32 Å². The maximum atomic E-state index is 12.4. The number of carbonyl (C=O) groups is 1. The lowest BCUT2D eigenvalue weighted by Gasteiger charge is -2.09. The Morgan fingerprint density at radius 1 is 1.14 bits per heavy atom. The molecule has 3 aromatic rings. The highest BCUT2D eigenvalue weighted by Gasteiger charge is 2.11. The number of nitrogens with one attached hydrogen (secondary N) is 1. The summed E-state index contributed by atoms with van der Waals surface area (Å²) >= 11 is 1.63. The van der Waals surface area contributed by atoms with Gasteiger partial charge in [0.25, 0.3) is 5.91 Å². The van der Waals surface area contributed by atoms with Gasteiger partial charge in [-0.15, -0.1) is 11.3 Å². The summed E-state index contributed by atoms with van der Waals surface area (Å²) in [7, 11) is 0. The zero-order valence-corrected chi connectivity index (χ0v) is 13.0. The molecular formula is C17H16N2OS. The molecular weight excluding hydrogens is 280 g/mol. The number of hydrogen-bond donors (Lipinski definition) is 1. The number of aromatic nitrogens is 1. The number of amides is 1. The van der Waals surface area contributed by atoms with Crippen molar-refractivity contribution in [1.29, 1.82) is 0 Å². The van der Waals surface area contributed by atoms with Crippen LogP contribution in [0.2, 0.25) is 0 Å². The van der Waals surface area contributed by atoms with Gasteiger partial charge in [0.1, 0.15) is 0 Å². The fraction of sp³-hybridized carbons (Fsp3) is 0.176. The van der Waals surface area contributed by atoms with E-state index in [1.54, 1.807) is 11.3 Å². The summed E-state index contributed by atoms with van der Waals surface area (Å²) in [5, 5.41) is 4.00. The minimum atomic E-state index is -0.0724. The van der Waals surface area contributed by atoms with E-state index >= 15 is 0 Å². The van der Waals surface area contributed by atoms with Crippen LogP contribution in [0, 0.1) is 20.8 Å². The van der Waals surface area contributed by atoms with Crippen LogP contribution in [0.1, 0.15) is 26.5 Å². The fourth-order valence-electron chi connectivity index (χ4n) is 2.31. The zero-order valence-electron chi connectivity index (χ0n) is 12.2. The van der Waals surface area contributed by atoms with E-state index in [1.165, 1.54) is 0 Å². The van der Waals surface area contributed by atoms with Gasteiger partial charge in [-0.05, 0) is 56.2 Å². The van der Waals surface area contributed by atoms with Crippen LogP contribution in [0.3, 0.4) is 0 Å². The van der Waals surface area contributed by atoms with Crippen molar-refractivity contribution < 1.29 is 4.79 Å². The van der Waals surface area contributed by atoms with Crippen LogP contribution in [-0.4, -0.2) is 10.9 Å². The zero-order chi connectivity index (χ0) is 15.0. The smallest absolute Gasteiger partial charge is 0.255 e. The largest absolute Gasteiger partial charge is 0.322 e. The topological polar surface area (TPSA) is 42.0 Å². The molecule has 0 bridgehead atoms. The number of anilines is 1. The van der Waals surface area contributed by atoms with E-state index in [9.17, 15) is 4.79 Å². The first-order chi connectivity index (χ1) is 10.0. The molecule has 0 radical (unpaired) electrons. The lowest BCUT2D eigenvalue weighted by atomic mass is 10.0. The highest BCUT2D eigenvalue weighted by molar-refractivity contribution is 7.18.